The molecule has 2 heteroatoms. The van der Waals surface area contributed by atoms with Crippen molar-refractivity contribution in [3.05, 3.63) is 48.0 Å². The van der Waals surface area contributed by atoms with E-state index in [1.807, 2.05) is 0 Å². The standard InChI is InChI=1S/C18H24N2/c1-20-18(14-9-11-15(19)12-10-14)17-8-4-6-13-5-2-3-7-16(13)17/h2-8,14-15,18,20H,9-12,19H2,1H3. The molecule has 1 unspecified atom stereocenters. The van der Waals surface area contributed by atoms with Gasteiger partial charge in [-0.1, -0.05) is 42.5 Å². The molecule has 20 heavy (non-hydrogen) atoms. The van der Waals surface area contributed by atoms with E-state index in [0.29, 0.717) is 18.0 Å². The summed E-state index contributed by atoms with van der Waals surface area (Å²) in [6.45, 7) is 0. The Balaban J connectivity index is 1.95. The largest absolute Gasteiger partial charge is 0.328 e. The molecule has 0 saturated heterocycles. The number of nitrogens with two attached hydrogens (primary N) is 1. The maximum atomic E-state index is 6.05. The van der Waals surface area contributed by atoms with E-state index >= 15 is 0 Å². The molecule has 1 fully saturated rings. The minimum absolute atomic E-state index is 0.413. The van der Waals surface area contributed by atoms with Gasteiger partial charge in [-0.05, 0) is 55.0 Å². The molecule has 0 aromatic heterocycles. The van der Waals surface area contributed by atoms with Gasteiger partial charge in [-0.2, -0.15) is 0 Å². The van der Waals surface area contributed by atoms with Gasteiger partial charge in [0.15, 0.2) is 0 Å². The molecule has 106 valence electrons. The van der Waals surface area contributed by atoms with E-state index in [1.165, 1.54) is 29.2 Å². The topological polar surface area (TPSA) is 38.0 Å². The van der Waals surface area contributed by atoms with Crippen LogP contribution in [0.4, 0.5) is 0 Å². The first-order valence-corrected chi connectivity index (χ1v) is 7.70. The lowest BCUT2D eigenvalue weighted by molar-refractivity contribution is 0.263. The van der Waals surface area contributed by atoms with Crippen LogP contribution in [0.15, 0.2) is 42.5 Å². The average molecular weight is 268 g/mol. The molecule has 1 atom stereocenters. The maximum absolute atomic E-state index is 6.05. The fourth-order valence-electron chi connectivity index (χ4n) is 3.65. The molecule has 1 saturated carbocycles. The molecule has 0 heterocycles. The second-order valence-corrected chi connectivity index (χ2v) is 6.01. The molecular formula is C18H24N2. The number of rotatable bonds is 3. The fraction of sp³-hybridized carbons (Fsp3) is 0.444. The number of fused-ring (bicyclic) bond motifs is 1. The zero-order valence-corrected chi connectivity index (χ0v) is 12.2. The summed E-state index contributed by atoms with van der Waals surface area (Å²) in [5.74, 6) is 0.700. The number of nitrogens with one attached hydrogen (secondary N) is 1. The van der Waals surface area contributed by atoms with E-state index in [1.54, 1.807) is 0 Å². The predicted molar refractivity (Wildman–Crippen MR) is 85.7 cm³/mol. The Kier molecular flexibility index (Phi) is 4.04. The molecule has 2 aromatic carbocycles. The zero-order chi connectivity index (χ0) is 13.9. The summed E-state index contributed by atoms with van der Waals surface area (Å²) in [6.07, 6.45) is 4.78. The predicted octanol–water partition coefficient (Wildman–Crippen LogP) is 3.62. The van der Waals surface area contributed by atoms with Crippen LogP contribution in [0.1, 0.15) is 37.3 Å². The summed E-state index contributed by atoms with van der Waals surface area (Å²) in [5.41, 5.74) is 7.48. The molecule has 0 radical (unpaired) electrons. The van der Waals surface area contributed by atoms with Crippen molar-refractivity contribution < 1.29 is 0 Å². The SMILES string of the molecule is CNC(c1cccc2ccccc12)C1CCC(N)CC1. The molecule has 3 rings (SSSR count). The highest BCUT2D eigenvalue weighted by molar-refractivity contribution is 5.86. The molecule has 3 N–H and O–H groups in total. The third-order valence-corrected chi connectivity index (χ3v) is 4.76. The van der Waals surface area contributed by atoms with Gasteiger partial charge in [0.05, 0.1) is 0 Å². The second-order valence-electron chi connectivity index (χ2n) is 6.01. The minimum atomic E-state index is 0.413. The maximum Gasteiger partial charge on any atom is 0.0352 e. The van der Waals surface area contributed by atoms with Crippen molar-refractivity contribution in [3.8, 4) is 0 Å². The van der Waals surface area contributed by atoms with Gasteiger partial charge in [-0.3, -0.25) is 0 Å². The Morgan fingerprint density at radius 1 is 1.00 bits per heavy atom. The highest BCUT2D eigenvalue weighted by Crippen LogP contribution is 2.36. The molecule has 0 bridgehead atoms. The molecule has 2 aromatic rings. The monoisotopic (exact) mass is 268 g/mol. The minimum Gasteiger partial charge on any atom is -0.328 e. The van der Waals surface area contributed by atoms with Crippen molar-refractivity contribution in [1.29, 1.82) is 0 Å². The zero-order valence-electron chi connectivity index (χ0n) is 12.2. The van der Waals surface area contributed by atoms with Gasteiger partial charge in [0.2, 0.25) is 0 Å². The molecule has 1 aliphatic carbocycles. The van der Waals surface area contributed by atoms with Gasteiger partial charge in [-0.15, -0.1) is 0 Å². The Hall–Kier alpha value is -1.38. The van der Waals surface area contributed by atoms with Crippen molar-refractivity contribution in [1.82, 2.24) is 5.32 Å². The lowest BCUT2D eigenvalue weighted by Gasteiger charge is -2.33. The molecule has 1 aliphatic rings. The highest BCUT2D eigenvalue weighted by atomic mass is 14.9. The summed E-state index contributed by atoms with van der Waals surface area (Å²) in [4.78, 5) is 0. The van der Waals surface area contributed by atoms with E-state index < -0.39 is 0 Å². The third-order valence-electron chi connectivity index (χ3n) is 4.76. The molecule has 0 aliphatic heterocycles. The highest BCUT2D eigenvalue weighted by Gasteiger charge is 2.27. The summed E-state index contributed by atoms with van der Waals surface area (Å²) >= 11 is 0. The van der Waals surface area contributed by atoms with Crippen molar-refractivity contribution in [3.63, 3.8) is 0 Å². The van der Waals surface area contributed by atoms with Crippen LogP contribution in [0, 0.1) is 5.92 Å². The van der Waals surface area contributed by atoms with Crippen molar-refractivity contribution in [2.45, 2.75) is 37.8 Å². The Bertz CT molecular complexity index is 565. The summed E-state index contributed by atoms with van der Waals surface area (Å²) in [6, 6.07) is 16.2. The quantitative estimate of drug-likeness (QED) is 0.892. The van der Waals surface area contributed by atoms with Crippen LogP contribution in [0.3, 0.4) is 0 Å². The van der Waals surface area contributed by atoms with Crippen LogP contribution in [-0.4, -0.2) is 13.1 Å². The Morgan fingerprint density at radius 3 is 2.45 bits per heavy atom. The van der Waals surface area contributed by atoms with Crippen LogP contribution < -0.4 is 11.1 Å². The van der Waals surface area contributed by atoms with E-state index in [0.717, 1.165) is 12.8 Å². The lowest BCUT2D eigenvalue weighted by atomic mass is 9.78. The first kappa shape index (κ1) is 13.6. The van der Waals surface area contributed by atoms with Gasteiger partial charge in [0.25, 0.3) is 0 Å². The molecular weight excluding hydrogens is 244 g/mol. The van der Waals surface area contributed by atoms with Crippen molar-refractivity contribution >= 4 is 10.8 Å². The second kappa shape index (κ2) is 5.94. The van der Waals surface area contributed by atoms with E-state index in [-0.39, 0.29) is 0 Å². The van der Waals surface area contributed by atoms with Crippen LogP contribution >= 0.6 is 0 Å². The fourth-order valence-corrected chi connectivity index (χ4v) is 3.65. The van der Waals surface area contributed by atoms with Crippen LogP contribution in [0.2, 0.25) is 0 Å². The van der Waals surface area contributed by atoms with E-state index in [4.69, 9.17) is 5.73 Å². The number of hydrogen-bond acceptors (Lipinski definition) is 2. The summed E-state index contributed by atoms with van der Waals surface area (Å²) in [5, 5.41) is 6.26. The smallest absolute Gasteiger partial charge is 0.0352 e. The van der Waals surface area contributed by atoms with Crippen molar-refractivity contribution in [2.24, 2.45) is 11.7 Å². The van der Waals surface area contributed by atoms with Gasteiger partial charge in [0, 0.05) is 12.1 Å². The molecule has 2 nitrogen and oxygen atoms in total. The normalized spacial score (nSPS) is 24.7. The average Bonchev–Trinajstić information content (AvgIpc) is 2.50. The molecule has 0 amide bonds. The third kappa shape index (κ3) is 2.58. The first-order chi connectivity index (χ1) is 9.79. The Morgan fingerprint density at radius 2 is 1.70 bits per heavy atom. The van der Waals surface area contributed by atoms with Crippen LogP contribution in [-0.2, 0) is 0 Å². The van der Waals surface area contributed by atoms with E-state index in [2.05, 4.69) is 54.8 Å². The van der Waals surface area contributed by atoms with Gasteiger partial charge < -0.3 is 11.1 Å². The van der Waals surface area contributed by atoms with Crippen LogP contribution in [0.25, 0.3) is 10.8 Å². The number of benzene rings is 2. The number of hydrogen-bond donors (Lipinski definition) is 2. The van der Waals surface area contributed by atoms with Gasteiger partial charge in [0.1, 0.15) is 0 Å². The summed E-state index contributed by atoms with van der Waals surface area (Å²) < 4.78 is 0. The van der Waals surface area contributed by atoms with Crippen LogP contribution in [0.5, 0.6) is 0 Å². The van der Waals surface area contributed by atoms with Crippen molar-refractivity contribution in [2.75, 3.05) is 7.05 Å². The Labute approximate surface area is 121 Å². The summed E-state index contributed by atoms with van der Waals surface area (Å²) in [7, 11) is 2.08. The lowest BCUT2D eigenvalue weighted by Crippen LogP contribution is -2.33. The van der Waals surface area contributed by atoms with Gasteiger partial charge >= 0.3 is 0 Å². The van der Waals surface area contributed by atoms with E-state index in [9.17, 15) is 0 Å². The molecule has 0 spiro atoms. The van der Waals surface area contributed by atoms with Gasteiger partial charge in [-0.25, -0.2) is 0 Å². The first-order valence-electron chi connectivity index (χ1n) is 7.70.